The number of carboxylic acids is 1. The van der Waals surface area contributed by atoms with Gasteiger partial charge in [0.2, 0.25) is 0 Å². The number of halogens is 1. The first-order valence-corrected chi connectivity index (χ1v) is 9.32. The number of nitrogens with two attached hydrogens (primary N) is 1. The SMILES string of the molecule is CNCc1nn(C)c(C#N)c1-c1cnc(N)c(O[C@H](C)c2cc(F)ccc2C(=O)O)c1. The molecule has 10 heteroatoms. The molecule has 0 spiro atoms. The number of aryl methyl sites for hydroxylation is 1. The van der Waals surface area contributed by atoms with Crippen LogP contribution in [0.2, 0.25) is 0 Å². The summed E-state index contributed by atoms with van der Waals surface area (Å²) in [6, 6.07) is 7.11. The lowest BCUT2D eigenvalue weighted by Crippen LogP contribution is -2.12. The largest absolute Gasteiger partial charge is 0.482 e. The second-order valence-corrected chi connectivity index (χ2v) is 6.84. The average molecular weight is 424 g/mol. The highest BCUT2D eigenvalue weighted by molar-refractivity contribution is 5.89. The van der Waals surface area contributed by atoms with Gasteiger partial charge in [0.05, 0.1) is 11.3 Å². The number of benzene rings is 1. The molecule has 1 aromatic carbocycles. The van der Waals surface area contributed by atoms with Crippen molar-refractivity contribution in [2.24, 2.45) is 7.05 Å². The summed E-state index contributed by atoms with van der Waals surface area (Å²) < 4.78 is 21.1. The molecular formula is C21H21FN6O3. The fourth-order valence-corrected chi connectivity index (χ4v) is 3.31. The zero-order chi connectivity index (χ0) is 22.7. The second-order valence-electron chi connectivity index (χ2n) is 6.84. The molecule has 0 saturated carbocycles. The molecule has 0 aliphatic carbocycles. The number of nitrogen functional groups attached to an aromatic ring is 1. The Morgan fingerprint density at radius 2 is 2.19 bits per heavy atom. The van der Waals surface area contributed by atoms with Crippen molar-refractivity contribution < 1.29 is 19.0 Å². The van der Waals surface area contributed by atoms with Gasteiger partial charge in [-0.15, -0.1) is 0 Å². The first-order valence-electron chi connectivity index (χ1n) is 9.32. The van der Waals surface area contributed by atoms with Crippen LogP contribution in [0.15, 0.2) is 30.5 Å². The quantitative estimate of drug-likeness (QED) is 0.526. The van der Waals surface area contributed by atoms with E-state index < -0.39 is 17.9 Å². The van der Waals surface area contributed by atoms with E-state index in [4.69, 9.17) is 10.5 Å². The number of pyridine rings is 1. The number of aromatic nitrogens is 3. The number of nitrogens with zero attached hydrogens (tertiary/aromatic N) is 4. The van der Waals surface area contributed by atoms with E-state index in [1.165, 1.54) is 16.9 Å². The molecule has 31 heavy (non-hydrogen) atoms. The Hall–Kier alpha value is -3.97. The van der Waals surface area contributed by atoms with Crippen LogP contribution in [0, 0.1) is 17.1 Å². The van der Waals surface area contributed by atoms with E-state index in [-0.39, 0.29) is 22.7 Å². The van der Waals surface area contributed by atoms with Gasteiger partial charge in [-0.25, -0.2) is 14.2 Å². The van der Waals surface area contributed by atoms with Gasteiger partial charge >= 0.3 is 5.97 Å². The highest BCUT2D eigenvalue weighted by Crippen LogP contribution is 2.34. The van der Waals surface area contributed by atoms with Crippen molar-refractivity contribution in [3.05, 3.63) is 58.8 Å². The van der Waals surface area contributed by atoms with E-state index in [1.807, 2.05) is 0 Å². The molecule has 0 saturated heterocycles. The van der Waals surface area contributed by atoms with Crippen LogP contribution in [0.25, 0.3) is 11.1 Å². The van der Waals surface area contributed by atoms with Crippen LogP contribution in [-0.4, -0.2) is 32.9 Å². The lowest BCUT2D eigenvalue weighted by Gasteiger charge is -2.18. The highest BCUT2D eigenvalue weighted by Gasteiger charge is 2.22. The van der Waals surface area contributed by atoms with Crippen LogP contribution in [0.4, 0.5) is 10.2 Å². The fraction of sp³-hybridized carbons (Fsp3) is 0.238. The van der Waals surface area contributed by atoms with E-state index in [1.54, 1.807) is 27.1 Å². The average Bonchev–Trinajstić information content (AvgIpc) is 3.04. The molecule has 2 heterocycles. The Morgan fingerprint density at radius 1 is 1.45 bits per heavy atom. The number of nitriles is 1. The number of aromatic carboxylic acids is 1. The summed E-state index contributed by atoms with van der Waals surface area (Å²) in [5.41, 5.74) is 8.18. The Labute approximate surface area is 177 Å². The summed E-state index contributed by atoms with van der Waals surface area (Å²) in [6.45, 7) is 2.01. The molecule has 4 N–H and O–H groups in total. The third-order valence-corrected chi connectivity index (χ3v) is 4.73. The van der Waals surface area contributed by atoms with Crippen molar-refractivity contribution in [2.75, 3.05) is 12.8 Å². The van der Waals surface area contributed by atoms with Crippen LogP contribution in [0.3, 0.4) is 0 Å². The van der Waals surface area contributed by atoms with Gasteiger partial charge in [-0.2, -0.15) is 10.4 Å². The van der Waals surface area contributed by atoms with Gasteiger partial charge in [0.15, 0.2) is 11.6 Å². The maximum atomic E-state index is 13.7. The summed E-state index contributed by atoms with van der Waals surface area (Å²) in [4.78, 5) is 15.7. The molecule has 1 atom stereocenters. The minimum atomic E-state index is -1.20. The molecular weight excluding hydrogens is 403 g/mol. The van der Waals surface area contributed by atoms with Gasteiger partial charge < -0.3 is 20.9 Å². The number of anilines is 1. The molecule has 0 fully saturated rings. The maximum absolute atomic E-state index is 13.7. The smallest absolute Gasteiger partial charge is 0.336 e. The Kier molecular flexibility index (Phi) is 6.17. The van der Waals surface area contributed by atoms with Crippen molar-refractivity contribution in [3.63, 3.8) is 0 Å². The van der Waals surface area contributed by atoms with Gasteiger partial charge in [-0.1, -0.05) is 0 Å². The zero-order valence-corrected chi connectivity index (χ0v) is 17.2. The zero-order valence-electron chi connectivity index (χ0n) is 17.2. The summed E-state index contributed by atoms with van der Waals surface area (Å²) >= 11 is 0. The van der Waals surface area contributed by atoms with Crippen molar-refractivity contribution in [3.8, 4) is 22.9 Å². The maximum Gasteiger partial charge on any atom is 0.336 e. The normalized spacial score (nSPS) is 11.7. The molecule has 2 aromatic heterocycles. The Balaban J connectivity index is 2.04. The lowest BCUT2D eigenvalue weighted by molar-refractivity contribution is 0.0691. The number of hydrogen-bond donors (Lipinski definition) is 3. The Bertz CT molecular complexity index is 1180. The minimum absolute atomic E-state index is 0.0708. The van der Waals surface area contributed by atoms with E-state index in [2.05, 4.69) is 21.5 Å². The Morgan fingerprint density at radius 3 is 2.84 bits per heavy atom. The summed E-state index contributed by atoms with van der Waals surface area (Å²) in [5, 5.41) is 26.4. The van der Waals surface area contributed by atoms with Gasteiger partial charge in [0, 0.05) is 36.5 Å². The van der Waals surface area contributed by atoms with Crippen LogP contribution >= 0.6 is 0 Å². The third kappa shape index (κ3) is 4.31. The number of carbonyl (C=O) groups is 1. The number of rotatable bonds is 7. The van der Waals surface area contributed by atoms with Gasteiger partial charge in [-0.3, -0.25) is 4.68 Å². The minimum Gasteiger partial charge on any atom is -0.482 e. The van der Waals surface area contributed by atoms with Gasteiger partial charge in [-0.05, 0) is 38.2 Å². The van der Waals surface area contributed by atoms with Crippen LogP contribution in [0.1, 0.15) is 40.3 Å². The van der Waals surface area contributed by atoms with Crippen molar-refractivity contribution in [1.82, 2.24) is 20.1 Å². The third-order valence-electron chi connectivity index (χ3n) is 4.73. The number of ether oxygens (including phenoxy) is 1. The van der Waals surface area contributed by atoms with E-state index >= 15 is 0 Å². The molecule has 0 aliphatic heterocycles. The molecule has 3 rings (SSSR count). The second kappa shape index (κ2) is 8.81. The topological polar surface area (TPSA) is 139 Å². The molecule has 0 aliphatic rings. The van der Waals surface area contributed by atoms with Gasteiger partial charge in [0.1, 0.15) is 23.7 Å². The molecule has 160 valence electrons. The summed E-state index contributed by atoms with van der Waals surface area (Å²) in [5.74, 6) is -1.53. The van der Waals surface area contributed by atoms with E-state index in [0.29, 0.717) is 29.1 Å². The molecule has 0 amide bonds. The summed E-state index contributed by atoms with van der Waals surface area (Å²) in [7, 11) is 3.43. The standard InChI is InChI=1S/C21H21FN6O3/c1-11(15-7-13(22)4-5-14(15)21(29)30)31-18-6-12(9-26-20(18)24)19-16(10-25-2)27-28(3)17(19)8-23/h4-7,9,11,25H,10H2,1-3H3,(H2,24,26)(H,29,30)/t11-/m1/s1. The van der Waals surface area contributed by atoms with Crippen LogP contribution in [-0.2, 0) is 13.6 Å². The monoisotopic (exact) mass is 424 g/mol. The van der Waals surface area contributed by atoms with E-state index in [9.17, 15) is 19.6 Å². The highest BCUT2D eigenvalue weighted by atomic mass is 19.1. The first-order chi connectivity index (χ1) is 14.8. The van der Waals surface area contributed by atoms with E-state index in [0.717, 1.165) is 12.1 Å². The number of carboxylic acid groups (broad SMARTS) is 1. The molecule has 9 nitrogen and oxygen atoms in total. The summed E-state index contributed by atoms with van der Waals surface area (Å²) in [6.07, 6.45) is 0.677. The lowest BCUT2D eigenvalue weighted by atomic mass is 10.0. The van der Waals surface area contributed by atoms with Crippen molar-refractivity contribution >= 4 is 11.8 Å². The first kappa shape index (κ1) is 21.7. The predicted molar refractivity (Wildman–Crippen MR) is 111 cm³/mol. The molecule has 3 aromatic rings. The predicted octanol–water partition coefficient (Wildman–Crippen LogP) is 2.63. The molecule has 0 unspecified atom stereocenters. The molecule has 0 bridgehead atoms. The van der Waals surface area contributed by atoms with Crippen LogP contribution < -0.4 is 15.8 Å². The van der Waals surface area contributed by atoms with Crippen molar-refractivity contribution in [2.45, 2.75) is 19.6 Å². The van der Waals surface area contributed by atoms with Crippen LogP contribution in [0.5, 0.6) is 5.75 Å². The van der Waals surface area contributed by atoms with Crippen molar-refractivity contribution in [1.29, 1.82) is 5.26 Å². The number of hydrogen-bond acceptors (Lipinski definition) is 7. The fourth-order valence-electron chi connectivity index (χ4n) is 3.31. The van der Waals surface area contributed by atoms with Gasteiger partial charge in [0.25, 0.3) is 0 Å². The molecule has 0 radical (unpaired) electrons. The number of nitrogens with one attached hydrogen (secondary N) is 1.